The van der Waals surface area contributed by atoms with Crippen molar-refractivity contribution in [1.29, 1.82) is 0 Å². The smallest absolute Gasteiger partial charge is 0.325 e. The van der Waals surface area contributed by atoms with Crippen molar-refractivity contribution in [3.05, 3.63) is 0 Å². The molecule has 0 unspecified atom stereocenters. The Balaban J connectivity index is 3.54. The Kier molecular flexibility index (Phi) is 5.03. The summed E-state index contributed by atoms with van der Waals surface area (Å²) >= 11 is 0. The summed E-state index contributed by atoms with van der Waals surface area (Å²) in [7, 11) is 0. The lowest BCUT2D eigenvalue weighted by Crippen LogP contribution is -2.41. The summed E-state index contributed by atoms with van der Waals surface area (Å²) in [4.78, 5) is 21.5. The van der Waals surface area contributed by atoms with E-state index in [0.29, 0.717) is 6.61 Å². The number of ether oxygens (including phenoxy) is 1. The fraction of sp³-hybridized carbons (Fsp3) is 0.714. The maximum absolute atomic E-state index is 10.8. The molecule has 0 fully saturated rings. The number of hydrogen-bond acceptors (Lipinski definition) is 4. The second-order valence-electron chi connectivity index (χ2n) is 2.31. The molecule has 0 saturated heterocycles. The summed E-state index contributed by atoms with van der Waals surface area (Å²) in [6.07, 6.45) is 0. The number of amides is 1. The van der Waals surface area contributed by atoms with Gasteiger partial charge in [-0.25, -0.2) is 0 Å². The first-order valence-corrected chi connectivity index (χ1v) is 3.76. The third-order valence-corrected chi connectivity index (χ3v) is 1.13. The number of rotatable bonds is 4. The number of carbonyl (C=O) groups excluding carboxylic acids is 2. The van der Waals surface area contributed by atoms with Gasteiger partial charge in [0.25, 0.3) is 0 Å². The van der Waals surface area contributed by atoms with Gasteiger partial charge in [0.2, 0.25) is 5.91 Å². The van der Waals surface area contributed by atoms with Crippen LogP contribution in [0.5, 0.6) is 0 Å². The molecule has 1 atom stereocenters. The molecule has 0 aromatic heterocycles. The second kappa shape index (κ2) is 5.54. The van der Waals surface area contributed by atoms with Crippen molar-refractivity contribution in [3.8, 4) is 0 Å². The van der Waals surface area contributed by atoms with Gasteiger partial charge in [-0.2, -0.15) is 0 Å². The van der Waals surface area contributed by atoms with Gasteiger partial charge in [-0.3, -0.25) is 9.59 Å². The van der Waals surface area contributed by atoms with Crippen LogP contribution in [0, 0.1) is 0 Å². The minimum Gasteiger partial charge on any atom is -0.465 e. The average Bonchev–Trinajstić information content (AvgIpc) is 2.00. The van der Waals surface area contributed by atoms with Crippen molar-refractivity contribution in [2.45, 2.75) is 19.9 Å². The highest BCUT2D eigenvalue weighted by molar-refractivity contribution is 5.85. The van der Waals surface area contributed by atoms with Crippen LogP contribution in [0.2, 0.25) is 0 Å². The third kappa shape index (κ3) is 4.68. The molecule has 0 bridgehead atoms. The Morgan fingerprint density at radius 3 is 2.58 bits per heavy atom. The summed E-state index contributed by atoms with van der Waals surface area (Å²) in [6, 6.07) is -0.598. The van der Waals surface area contributed by atoms with Crippen LogP contribution >= 0.6 is 0 Å². The second-order valence-corrected chi connectivity index (χ2v) is 2.31. The average molecular weight is 174 g/mol. The molecule has 12 heavy (non-hydrogen) atoms. The van der Waals surface area contributed by atoms with E-state index in [2.05, 4.69) is 10.1 Å². The van der Waals surface area contributed by atoms with E-state index >= 15 is 0 Å². The highest BCUT2D eigenvalue weighted by Crippen LogP contribution is 1.78. The minimum atomic E-state index is -0.598. The zero-order valence-electron chi connectivity index (χ0n) is 7.29. The standard InChI is InChI=1S/C7H14N2O3/c1-3-12-6(10)4-9-7(11)5(2)8/h5H,3-4,8H2,1-2H3,(H,9,11)/t5-/m1/s1. The van der Waals surface area contributed by atoms with Gasteiger partial charge in [-0.05, 0) is 13.8 Å². The van der Waals surface area contributed by atoms with Crippen LogP contribution in [0.25, 0.3) is 0 Å². The molecule has 0 aliphatic carbocycles. The van der Waals surface area contributed by atoms with Crippen molar-refractivity contribution < 1.29 is 14.3 Å². The van der Waals surface area contributed by atoms with Crippen LogP contribution in [0.1, 0.15) is 13.8 Å². The highest BCUT2D eigenvalue weighted by atomic mass is 16.5. The van der Waals surface area contributed by atoms with Gasteiger partial charge in [0, 0.05) is 0 Å². The Morgan fingerprint density at radius 1 is 1.58 bits per heavy atom. The predicted octanol–water partition coefficient (Wildman–Crippen LogP) is -0.987. The van der Waals surface area contributed by atoms with Crippen LogP contribution < -0.4 is 11.1 Å². The van der Waals surface area contributed by atoms with Gasteiger partial charge >= 0.3 is 5.97 Å². The zero-order valence-corrected chi connectivity index (χ0v) is 7.29. The van der Waals surface area contributed by atoms with E-state index in [1.54, 1.807) is 13.8 Å². The van der Waals surface area contributed by atoms with E-state index in [1.165, 1.54) is 0 Å². The molecule has 0 spiro atoms. The molecule has 5 nitrogen and oxygen atoms in total. The monoisotopic (exact) mass is 174 g/mol. The summed E-state index contributed by atoms with van der Waals surface area (Å²) in [6.45, 7) is 3.44. The summed E-state index contributed by atoms with van der Waals surface area (Å²) < 4.78 is 4.58. The van der Waals surface area contributed by atoms with Crippen molar-refractivity contribution in [2.24, 2.45) is 5.73 Å². The first-order valence-electron chi connectivity index (χ1n) is 3.76. The molecule has 0 saturated carbocycles. The molecular weight excluding hydrogens is 160 g/mol. The van der Waals surface area contributed by atoms with E-state index in [0.717, 1.165) is 0 Å². The molecule has 0 radical (unpaired) electrons. The fourth-order valence-corrected chi connectivity index (χ4v) is 0.532. The number of hydrogen-bond donors (Lipinski definition) is 2. The molecule has 0 aliphatic heterocycles. The molecule has 3 N–H and O–H groups in total. The Hall–Kier alpha value is -1.10. The molecule has 0 aromatic rings. The van der Waals surface area contributed by atoms with Crippen molar-refractivity contribution in [1.82, 2.24) is 5.32 Å². The van der Waals surface area contributed by atoms with E-state index < -0.39 is 12.0 Å². The normalized spacial score (nSPS) is 11.9. The van der Waals surface area contributed by atoms with Crippen LogP contribution in [0.4, 0.5) is 0 Å². The van der Waals surface area contributed by atoms with Crippen LogP contribution in [-0.4, -0.2) is 31.1 Å². The molecule has 0 aliphatic rings. The molecular formula is C7H14N2O3. The third-order valence-electron chi connectivity index (χ3n) is 1.13. The maximum atomic E-state index is 10.8. The molecule has 0 rings (SSSR count). The lowest BCUT2D eigenvalue weighted by Gasteiger charge is -2.06. The van der Waals surface area contributed by atoms with Gasteiger partial charge in [0.1, 0.15) is 6.54 Å². The van der Waals surface area contributed by atoms with Crippen molar-refractivity contribution in [3.63, 3.8) is 0 Å². The van der Waals surface area contributed by atoms with Gasteiger partial charge in [0.05, 0.1) is 12.6 Å². The highest BCUT2D eigenvalue weighted by Gasteiger charge is 2.08. The number of nitrogens with one attached hydrogen (secondary N) is 1. The van der Waals surface area contributed by atoms with Gasteiger partial charge < -0.3 is 15.8 Å². The summed E-state index contributed by atoms with van der Waals surface area (Å²) in [5.74, 6) is -0.811. The van der Waals surface area contributed by atoms with Crippen LogP contribution in [-0.2, 0) is 14.3 Å². The maximum Gasteiger partial charge on any atom is 0.325 e. The number of esters is 1. The molecule has 0 heterocycles. The number of nitrogens with two attached hydrogens (primary N) is 1. The lowest BCUT2D eigenvalue weighted by atomic mass is 10.3. The predicted molar refractivity (Wildman–Crippen MR) is 43.3 cm³/mol. The van der Waals surface area contributed by atoms with Crippen LogP contribution in [0.3, 0.4) is 0 Å². The minimum absolute atomic E-state index is 0.117. The van der Waals surface area contributed by atoms with E-state index in [-0.39, 0.29) is 12.5 Å². The molecule has 1 amide bonds. The Morgan fingerprint density at radius 2 is 2.17 bits per heavy atom. The van der Waals surface area contributed by atoms with Crippen molar-refractivity contribution in [2.75, 3.05) is 13.2 Å². The Labute approximate surface area is 71.3 Å². The molecule has 5 heteroatoms. The van der Waals surface area contributed by atoms with Gasteiger partial charge in [0.15, 0.2) is 0 Å². The Bertz CT molecular complexity index is 168. The first kappa shape index (κ1) is 10.9. The zero-order chi connectivity index (χ0) is 9.56. The van der Waals surface area contributed by atoms with Gasteiger partial charge in [-0.15, -0.1) is 0 Å². The molecule has 0 aromatic carbocycles. The topological polar surface area (TPSA) is 81.4 Å². The number of carbonyl (C=O) groups is 2. The first-order chi connectivity index (χ1) is 5.57. The summed E-state index contributed by atoms with van der Waals surface area (Å²) in [5.41, 5.74) is 5.23. The quantitative estimate of drug-likeness (QED) is 0.536. The van der Waals surface area contributed by atoms with Gasteiger partial charge in [-0.1, -0.05) is 0 Å². The van der Waals surface area contributed by atoms with E-state index in [4.69, 9.17) is 5.73 Å². The fourth-order valence-electron chi connectivity index (χ4n) is 0.532. The van der Waals surface area contributed by atoms with Crippen LogP contribution in [0.15, 0.2) is 0 Å². The SMILES string of the molecule is CCOC(=O)CNC(=O)[C@@H](C)N. The van der Waals surface area contributed by atoms with E-state index in [1.807, 2.05) is 0 Å². The largest absolute Gasteiger partial charge is 0.465 e. The lowest BCUT2D eigenvalue weighted by molar-refractivity contribution is -0.143. The van der Waals surface area contributed by atoms with E-state index in [9.17, 15) is 9.59 Å². The summed E-state index contributed by atoms with van der Waals surface area (Å²) in [5, 5.41) is 2.33. The molecule has 70 valence electrons. The van der Waals surface area contributed by atoms with Crippen molar-refractivity contribution >= 4 is 11.9 Å².